The molecule has 2 aliphatic rings. The van der Waals surface area contributed by atoms with Gasteiger partial charge in [0, 0.05) is 45.3 Å². The number of hydrogen-bond acceptors (Lipinski definition) is 4. The van der Waals surface area contributed by atoms with Gasteiger partial charge in [0.05, 0.1) is 12.3 Å². The van der Waals surface area contributed by atoms with E-state index in [2.05, 4.69) is 14.9 Å². The van der Waals surface area contributed by atoms with Crippen molar-refractivity contribution in [3.63, 3.8) is 0 Å². The third kappa shape index (κ3) is 2.62. The molecule has 5 heteroatoms. The number of aliphatic hydroxyl groups excluding tert-OH is 1. The van der Waals surface area contributed by atoms with Crippen LogP contribution in [-0.2, 0) is 13.7 Å². The van der Waals surface area contributed by atoms with Crippen LogP contribution in [0, 0.1) is 12.8 Å². The van der Waals surface area contributed by atoms with Gasteiger partial charge in [-0.3, -0.25) is 9.58 Å². The lowest BCUT2D eigenvalue weighted by atomic mass is 10.2. The fraction of sp³-hybridized carbons (Fsp3) is 0.786. The first kappa shape index (κ1) is 12.9. The summed E-state index contributed by atoms with van der Waals surface area (Å²) < 4.78 is 1.91. The van der Waals surface area contributed by atoms with Gasteiger partial charge in [-0.15, -0.1) is 0 Å². The number of piperazine rings is 1. The maximum atomic E-state index is 9.53. The Balaban J connectivity index is 1.67. The molecule has 1 saturated heterocycles. The van der Waals surface area contributed by atoms with Crippen LogP contribution in [0.15, 0.2) is 0 Å². The average molecular weight is 264 g/mol. The van der Waals surface area contributed by atoms with Crippen molar-refractivity contribution < 1.29 is 5.11 Å². The van der Waals surface area contributed by atoms with E-state index in [4.69, 9.17) is 0 Å². The Hall–Kier alpha value is -1.07. The number of aryl methyl sites for hydroxylation is 2. The molecule has 2 fully saturated rings. The third-order valence-corrected chi connectivity index (χ3v) is 4.36. The van der Waals surface area contributed by atoms with E-state index in [-0.39, 0.29) is 6.61 Å². The van der Waals surface area contributed by atoms with Crippen LogP contribution >= 0.6 is 0 Å². The third-order valence-electron chi connectivity index (χ3n) is 4.36. The quantitative estimate of drug-likeness (QED) is 0.872. The van der Waals surface area contributed by atoms with Crippen molar-refractivity contribution in [2.45, 2.75) is 26.4 Å². The normalized spacial score (nSPS) is 21.1. The van der Waals surface area contributed by atoms with Gasteiger partial charge < -0.3 is 10.0 Å². The molecule has 0 spiro atoms. The van der Waals surface area contributed by atoms with Crippen LogP contribution in [0.1, 0.15) is 24.1 Å². The topological polar surface area (TPSA) is 44.5 Å². The van der Waals surface area contributed by atoms with E-state index in [1.165, 1.54) is 19.4 Å². The van der Waals surface area contributed by atoms with Crippen molar-refractivity contribution in [3.05, 3.63) is 11.3 Å². The number of rotatable bonds is 4. The fourth-order valence-corrected chi connectivity index (χ4v) is 3.08. The monoisotopic (exact) mass is 264 g/mol. The van der Waals surface area contributed by atoms with Crippen LogP contribution in [0.5, 0.6) is 0 Å². The van der Waals surface area contributed by atoms with Crippen LogP contribution in [0.4, 0.5) is 5.82 Å². The molecule has 1 aliphatic carbocycles. The molecule has 0 bridgehead atoms. The van der Waals surface area contributed by atoms with E-state index in [1.54, 1.807) is 0 Å². The summed E-state index contributed by atoms with van der Waals surface area (Å²) in [6, 6.07) is 0. The second-order valence-electron chi connectivity index (χ2n) is 5.90. The number of nitrogens with zero attached hydrogens (tertiary/aromatic N) is 4. The van der Waals surface area contributed by atoms with Gasteiger partial charge in [-0.05, 0) is 25.7 Å². The molecule has 106 valence electrons. The highest BCUT2D eigenvalue weighted by molar-refractivity contribution is 5.50. The van der Waals surface area contributed by atoms with E-state index in [0.717, 1.165) is 49.2 Å². The number of hydrogen-bond donors (Lipinski definition) is 1. The zero-order valence-electron chi connectivity index (χ0n) is 12.0. The molecular formula is C14H24N4O. The predicted octanol–water partition coefficient (Wildman–Crippen LogP) is 0.753. The second kappa shape index (κ2) is 5.13. The maximum absolute atomic E-state index is 9.53. The summed E-state index contributed by atoms with van der Waals surface area (Å²) in [5.74, 6) is 2.07. The van der Waals surface area contributed by atoms with Crippen LogP contribution in [-0.4, -0.2) is 52.5 Å². The van der Waals surface area contributed by atoms with Crippen molar-refractivity contribution in [3.8, 4) is 0 Å². The molecule has 0 aromatic carbocycles. The van der Waals surface area contributed by atoms with Crippen molar-refractivity contribution in [2.75, 3.05) is 37.6 Å². The molecule has 3 rings (SSSR count). The first-order valence-electron chi connectivity index (χ1n) is 7.29. The van der Waals surface area contributed by atoms with Crippen LogP contribution in [0.25, 0.3) is 0 Å². The summed E-state index contributed by atoms with van der Waals surface area (Å²) in [5.41, 5.74) is 1.93. The SMILES string of the molecule is Cc1nn(C)c(N2CCN(CC3CC3)CC2)c1CO. The Morgan fingerprint density at radius 1 is 1.21 bits per heavy atom. The van der Waals surface area contributed by atoms with Gasteiger partial charge in [0.15, 0.2) is 0 Å². The second-order valence-corrected chi connectivity index (χ2v) is 5.90. The predicted molar refractivity (Wildman–Crippen MR) is 75.2 cm³/mol. The Kier molecular flexibility index (Phi) is 3.50. The molecule has 5 nitrogen and oxygen atoms in total. The minimum Gasteiger partial charge on any atom is -0.391 e. The van der Waals surface area contributed by atoms with Crippen molar-refractivity contribution in [2.24, 2.45) is 13.0 Å². The van der Waals surface area contributed by atoms with E-state index >= 15 is 0 Å². The van der Waals surface area contributed by atoms with E-state index in [1.807, 2.05) is 18.7 Å². The van der Waals surface area contributed by atoms with Gasteiger partial charge in [0.25, 0.3) is 0 Å². The zero-order chi connectivity index (χ0) is 13.4. The number of anilines is 1. The average Bonchev–Trinajstić information content (AvgIpc) is 3.15. The van der Waals surface area contributed by atoms with Crippen LogP contribution in [0.3, 0.4) is 0 Å². The molecule has 1 aliphatic heterocycles. The highest BCUT2D eigenvalue weighted by Gasteiger charge is 2.28. The molecular weight excluding hydrogens is 240 g/mol. The summed E-state index contributed by atoms with van der Waals surface area (Å²) in [6.07, 6.45) is 2.85. The molecule has 2 heterocycles. The molecule has 0 amide bonds. The largest absolute Gasteiger partial charge is 0.391 e. The van der Waals surface area contributed by atoms with Crippen LogP contribution < -0.4 is 4.90 Å². The number of aromatic nitrogens is 2. The highest BCUT2D eigenvalue weighted by atomic mass is 16.3. The van der Waals surface area contributed by atoms with Crippen molar-refractivity contribution in [1.82, 2.24) is 14.7 Å². The van der Waals surface area contributed by atoms with Gasteiger partial charge >= 0.3 is 0 Å². The summed E-state index contributed by atoms with van der Waals surface area (Å²) in [7, 11) is 1.97. The van der Waals surface area contributed by atoms with Gasteiger partial charge in [-0.2, -0.15) is 5.10 Å². The number of aliphatic hydroxyl groups is 1. The molecule has 0 atom stereocenters. The Labute approximate surface area is 114 Å². The molecule has 0 unspecified atom stereocenters. The van der Waals surface area contributed by atoms with Gasteiger partial charge in [-0.25, -0.2) is 0 Å². The minimum absolute atomic E-state index is 0.0806. The Morgan fingerprint density at radius 3 is 2.47 bits per heavy atom. The standard InChI is InChI=1S/C14H24N4O/c1-11-13(10-19)14(16(2)15-11)18-7-5-17(6-8-18)9-12-3-4-12/h12,19H,3-10H2,1-2H3. The molecule has 1 saturated carbocycles. The minimum atomic E-state index is 0.0806. The lowest BCUT2D eigenvalue weighted by Gasteiger charge is -2.36. The van der Waals surface area contributed by atoms with E-state index < -0.39 is 0 Å². The van der Waals surface area contributed by atoms with Crippen LogP contribution in [0.2, 0.25) is 0 Å². The molecule has 1 aromatic heterocycles. The highest BCUT2D eigenvalue weighted by Crippen LogP contribution is 2.30. The summed E-state index contributed by atoms with van der Waals surface area (Å²) in [4.78, 5) is 4.95. The van der Waals surface area contributed by atoms with Gasteiger partial charge in [0.2, 0.25) is 0 Å². The van der Waals surface area contributed by atoms with E-state index in [0.29, 0.717) is 0 Å². The first-order valence-corrected chi connectivity index (χ1v) is 7.29. The Bertz CT molecular complexity index is 445. The molecule has 19 heavy (non-hydrogen) atoms. The lowest BCUT2D eigenvalue weighted by Crippen LogP contribution is -2.47. The smallest absolute Gasteiger partial charge is 0.132 e. The summed E-state index contributed by atoms with van der Waals surface area (Å²) in [6.45, 7) is 7.68. The van der Waals surface area contributed by atoms with Gasteiger partial charge in [0.1, 0.15) is 5.82 Å². The Morgan fingerprint density at radius 2 is 1.89 bits per heavy atom. The van der Waals surface area contributed by atoms with Gasteiger partial charge in [-0.1, -0.05) is 0 Å². The van der Waals surface area contributed by atoms with Crippen molar-refractivity contribution in [1.29, 1.82) is 0 Å². The molecule has 1 aromatic rings. The maximum Gasteiger partial charge on any atom is 0.132 e. The zero-order valence-corrected chi connectivity index (χ0v) is 12.0. The first-order chi connectivity index (χ1) is 9.19. The molecule has 0 radical (unpaired) electrons. The van der Waals surface area contributed by atoms with E-state index in [9.17, 15) is 5.11 Å². The fourth-order valence-electron chi connectivity index (χ4n) is 3.08. The lowest BCUT2D eigenvalue weighted by molar-refractivity contribution is 0.245. The summed E-state index contributed by atoms with van der Waals surface area (Å²) in [5, 5.41) is 14.0. The summed E-state index contributed by atoms with van der Waals surface area (Å²) >= 11 is 0. The molecule has 1 N–H and O–H groups in total. The van der Waals surface area contributed by atoms with Crippen molar-refractivity contribution >= 4 is 5.82 Å².